The van der Waals surface area contributed by atoms with Gasteiger partial charge in [0.05, 0.1) is 0 Å². The number of hydrogen-bond donors (Lipinski definition) is 2. The largest absolute Gasteiger partial charge is 0.383 e. The quantitative estimate of drug-likeness (QED) is 0.690. The number of hydrogen-bond acceptors (Lipinski definition) is 2. The number of aliphatic hydroxyl groups is 1. The van der Waals surface area contributed by atoms with E-state index in [1.807, 2.05) is 0 Å². The lowest BCUT2D eigenvalue weighted by atomic mass is 9.77. The van der Waals surface area contributed by atoms with Crippen LogP contribution in [0.3, 0.4) is 0 Å². The number of carbonyl (C=O) groups excluding carboxylic acids is 1. The SMILES string of the molecule is CCC1CCCC(C(O)C(N)=O)C1. The standard InChI is InChI=1S/C10H19NO2/c1-2-7-4-3-5-8(6-7)9(12)10(11)13/h7-9,12H,2-6H2,1H3,(H2,11,13). The number of primary amides is 1. The van der Waals surface area contributed by atoms with Gasteiger partial charge in [0, 0.05) is 0 Å². The Kier molecular flexibility index (Phi) is 3.72. The summed E-state index contributed by atoms with van der Waals surface area (Å²) < 4.78 is 0. The first-order valence-corrected chi connectivity index (χ1v) is 5.12. The molecule has 3 unspecified atom stereocenters. The molecule has 0 aromatic rings. The van der Waals surface area contributed by atoms with Crippen LogP contribution in [0.15, 0.2) is 0 Å². The van der Waals surface area contributed by atoms with Crippen molar-refractivity contribution >= 4 is 5.91 Å². The lowest BCUT2D eigenvalue weighted by Crippen LogP contribution is -2.37. The first-order chi connectivity index (χ1) is 6.15. The molecule has 0 saturated heterocycles. The van der Waals surface area contributed by atoms with Crippen molar-refractivity contribution in [1.82, 2.24) is 0 Å². The van der Waals surface area contributed by atoms with Gasteiger partial charge < -0.3 is 10.8 Å². The van der Waals surface area contributed by atoms with Crippen LogP contribution in [0, 0.1) is 11.8 Å². The van der Waals surface area contributed by atoms with Gasteiger partial charge in [-0.15, -0.1) is 0 Å². The topological polar surface area (TPSA) is 63.3 Å². The van der Waals surface area contributed by atoms with Crippen LogP contribution in [0.4, 0.5) is 0 Å². The summed E-state index contributed by atoms with van der Waals surface area (Å²) in [5, 5.41) is 9.49. The van der Waals surface area contributed by atoms with Crippen molar-refractivity contribution in [3.05, 3.63) is 0 Å². The van der Waals surface area contributed by atoms with Gasteiger partial charge in [-0.25, -0.2) is 0 Å². The summed E-state index contributed by atoms with van der Waals surface area (Å²) >= 11 is 0. The molecule has 0 bridgehead atoms. The zero-order valence-electron chi connectivity index (χ0n) is 8.20. The van der Waals surface area contributed by atoms with Gasteiger partial charge >= 0.3 is 0 Å². The highest BCUT2D eigenvalue weighted by Gasteiger charge is 2.29. The number of rotatable bonds is 3. The van der Waals surface area contributed by atoms with E-state index in [4.69, 9.17) is 5.73 Å². The normalized spacial score (nSPS) is 31.2. The maximum atomic E-state index is 10.8. The molecule has 1 amide bonds. The van der Waals surface area contributed by atoms with E-state index < -0.39 is 12.0 Å². The lowest BCUT2D eigenvalue weighted by Gasteiger charge is -2.30. The Morgan fingerprint density at radius 2 is 2.31 bits per heavy atom. The minimum absolute atomic E-state index is 0.108. The van der Waals surface area contributed by atoms with E-state index in [-0.39, 0.29) is 5.92 Å². The molecule has 3 nitrogen and oxygen atoms in total. The average molecular weight is 185 g/mol. The van der Waals surface area contributed by atoms with Gasteiger partial charge in [-0.2, -0.15) is 0 Å². The van der Waals surface area contributed by atoms with Crippen molar-refractivity contribution in [1.29, 1.82) is 0 Å². The second-order valence-corrected chi connectivity index (χ2v) is 4.05. The molecule has 76 valence electrons. The number of carbonyl (C=O) groups is 1. The third-order valence-electron chi connectivity index (χ3n) is 3.14. The average Bonchev–Trinajstić information content (AvgIpc) is 2.16. The van der Waals surface area contributed by atoms with Crippen LogP contribution in [0.5, 0.6) is 0 Å². The second kappa shape index (κ2) is 4.61. The number of amides is 1. The van der Waals surface area contributed by atoms with E-state index in [0.29, 0.717) is 5.92 Å². The highest BCUT2D eigenvalue weighted by molar-refractivity contribution is 5.78. The van der Waals surface area contributed by atoms with E-state index in [1.54, 1.807) is 0 Å². The van der Waals surface area contributed by atoms with E-state index in [0.717, 1.165) is 25.7 Å². The number of aliphatic hydroxyl groups excluding tert-OH is 1. The van der Waals surface area contributed by atoms with Crippen molar-refractivity contribution in [3.63, 3.8) is 0 Å². The molecule has 13 heavy (non-hydrogen) atoms. The maximum Gasteiger partial charge on any atom is 0.246 e. The zero-order chi connectivity index (χ0) is 9.84. The van der Waals surface area contributed by atoms with Crippen molar-refractivity contribution in [2.75, 3.05) is 0 Å². The van der Waals surface area contributed by atoms with Crippen LogP contribution < -0.4 is 5.73 Å². The number of nitrogens with two attached hydrogens (primary N) is 1. The summed E-state index contributed by atoms with van der Waals surface area (Å²) in [4.78, 5) is 10.8. The fraction of sp³-hybridized carbons (Fsp3) is 0.900. The predicted molar refractivity (Wildman–Crippen MR) is 50.9 cm³/mol. The molecule has 3 atom stereocenters. The Hall–Kier alpha value is -0.570. The van der Waals surface area contributed by atoms with Gasteiger partial charge in [-0.1, -0.05) is 26.2 Å². The van der Waals surface area contributed by atoms with Crippen LogP contribution >= 0.6 is 0 Å². The third kappa shape index (κ3) is 2.69. The molecule has 0 heterocycles. The first kappa shape index (κ1) is 10.5. The Labute approximate surface area is 79.3 Å². The lowest BCUT2D eigenvalue weighted by molar-refractivity contribution is -0.129. The van der Waals surface area contributed by atoms with Gasteiger partial charge in [0.15, 0.2) is 0 Å². The molecular weight excluding hydrogens is 166 g/mol. The Bertz CT molecular complexity index is 182. The van der Waals surface area contributed by atoms with Crippen molar-refractivity contribution in [2.45, 2.75) is 45.1 Å². The minimum atomic E-state index is -0.922. The molecule has 1 fully saturated rings. The van der Waals surface area contributed by atoms with E-state index in [9.17, 15) is 9.90 Å². The zero-order valence-corrected chi connectivity index (χ0v) is 8.20. The monoisotopic (exact) mass is 185 g/mol. The molecule has 0 aliphatic heterocycles. The Morgan fingerprint density at radius 3 is 2.85 bits per heavy atom. The van der Waals surface area contributed by atoms with Crippen LogP contribution in [-0.4, -0.2) is 17.1 Å². The molecule has 3 heteroatoms. The molecule has 1 saturated carbocycles. The Balaban J connectivity index is 2.46. The molecule has 0 spiro atoms. The summed E-state index contributed by atoms with van der Waals surface area (Å²) in [6, 6.07) is 0. The van der Waals surface area contributed by atoms with Crippen molar-refractivity contribution in [2.24, 2.45) is 17.6 Å². The summed E-state index contributed by atoms with van der Waals surface area (Å²) in [6.45, 7) is 2.16. The fourth-order valence-corrected chi connectivity index (χ4v) is 2.22. The molecule has 0 aromatic carbocycles. The highest BCUT2D eigenvalue weighted by Crippen LogP contribution is 2.32. The Morgan fingerprint density at radius 1 is 1.62 bits per heavy atom. The van der Waals surface area contributed by atoms with Crippen molar-refractivity contribution in [3.8, 4) is 0 Å². The molecule has 0 radical (unpaired) electrons. The van der Waals surface area contributed by atoms with Gasteiger partial charge in [-0.05, 0) is 24.7 Å². The van der Waals surface area contributed by atoms with E-state index in [1.165, 1.54) is 6.42 Å². The third-order valence-corrected chi connectivity index (χ3v) is 3.14. The molecule has 3 N–H and O–H groups in total. The van der Waals surface area contributed by atoms with E-state index >= 15 is 0 Å². The van der Waals surface area contributed by atoms with Gasteiger partial charge in [0.2, 0.25) is 5.91 Å². The molecule has 0 aromatic heterocycles. The highest BCUT2D eigenvalue weighted by atomic mass is 16.3. The van der Waals surface area contributed by atoms with E-state index in [2.05, 4.69) is 6.92 Å². The molecule has 1 rings (SSSR count). The summed E-state index contributed by atoms with van der Waals surface area (Å²) in [5.41, 5.74) is 5.06. The summed E-state index contributed by atoms with van der Waals surface area (Å²) in [5.74, 6) is 0.214. The van der Waals surface area contributed by atoms with Gasteiger partial charge in [0.1, 0.15) is 6.10 Å². The van der Waals surface area contributed by atoms with Crippen LogP contribution in [0.1, 0.15) is 39.0 Å². The maximum absolute atomic E-state index is 10.8. The van der Waals surface area contributed by atoms with Crippen molar-refractivity contribution < 1.29 is 9.90 Å². The summed E-state index contributed by atoms with van der Waals surface area (Å²) in [6.07, 6.45) is 4.48. The van der Waals surface area contributed by atoms with Crippen LogP contribution in [-0.2, 0) is 4.79 Å². The van der Waals surface area contributed by atoms with Gasteiger partial charge in [0.25, 0.3) is 0 Å². The smallest absolute Gasteiger partial charge is 0.246 e. The first-order valence-electron chi connectivity index (χ1n) is 5.12. The fourth-order valence-electron chi connectivity index (χ4n) is 2.22. The van der Waals surface area contributed by atoms with Crippen LogP contribution in [0.25, 0.3) is 0 Å². The van der Waals surface area contributed by atoms with Crippen LogP contribution in [0.2, 0.25) is 0 Å². The molecular formula is C10H19NO2. The van der Waals surface area contributed by atoms with Gasteiger partial charge in [-0.3, -0.25) is 4.79 Å². The summed E-state index contributed by atoms with van der Waals surface area (Å²) in [7, 11) is 0. The minimum Gasteiger partial charge on any atom is -0.383 e. The second-order valence-electron chi connectivity index (χ2n) is 4.05. The molecule has 1 aliphatic rings. The molecule has 1 aliphatic carbocycles. The predicted octanol–water partition coefficient (Wildman–Crippen LogP) is 1.05.